The van der Waals surface area contributed by atoms with Gasteiger partial charge in [0.1, 0.15) is 22.8 Å². The minimum atomic E-state index is -1.06. The summed E-state index contributed by atoms with van der Waals surface area (Å²) in [5.74, 6) is -0.439. The van der Waals surface area contributed by atoms with E-state index in [1.54, 1.807) is 24.3 Å². The van der Waals surface area contributed by atoms with E-state index in [-0.39, 0.29) is 29.3 Å². The Hall–Kier alpha value is -2.54. The van der Waals surface area contributed by atoms with E-state index in [0.29, 0.717) is 41.0 Å². The Morgan fingerprint density at radius 2 is 1.68 bits per heavy atom. The number of hydrogen-bond acceptors (Lipinski definition) is 5. The highest BCUT2D eigenvalue weighted by Gasteiger charge is 2.16. The summed E-state index contributed by atoms with van der Waals surface area (Å²) in [6.07, 6.45) is 1.92. The summed E-state index contributed by atoms with van der Waals surface area (Å²) in [5.41, 5.74) is 0.998. The van der Waals surface area contributed by atoms with E-state index in [1.807, 2.05) is 6.92 Å². The fraction of sp³-hybridized carbons (Fsp3) is 0.333. The molecule has 2 N–H and O–H groups in total. The van der Waals surface area contributed by atoms with Crippen LogP contribution in [-0.4, -0.2) is 35.2 Å². The summed E-state index contributed by atoms with van der Waals surface area (Å²) in [5, 5.41) is 19.6. The predicted octanol–water partition coefficient (Wildman–Crippen LogP) is 4.86. The zero-order valence-electron chi connectivity index (χ0n) is 15.8. The van der Waals surface area contributed by atoms with Crippen LogP contribution in [0.2, 0.25) is 0 Å². The molecule has 0 unspecified atom stereocenters. The second-order valence-corrected chi connectivity index (χ2v) is 7.16. The Morgan fingerprint density at radius 3 is 2.29 bits per heavy atom. The average Bonchev–Trinajstić information content (AvgIpc) is 2.64. The van der Waals surface area contributed by atoms with Gasteiger partial charge in [0, 0.05) is 16.5 Å². The zero-order chi connectivity index (χ0) is 20.7. The molecule has 0 spiro atoms. The van der Waals surface area contributed by atoms with Crippen molar-refractivity contribution in [3.8, 4) is 17.2 Å². The van der Waals surface area contributed by atoms with Gasteiger partial charge < -0.3 is 19.7 Å². The van der Waals surface area contributed by atoms with Crippen molar-refractivity contribution in [3.63, 3.8) is 0 Å². The van der Waals surface area contributed by atoms with Crippen LogP contribution in [0.1, 0.15) is 53.0 Å². The summed E-state index contributed by atoms with van der Waals surface area (Å²) in [7, 11) is 0. The number of phenols is 1. The first-order chi connectivity index (χ1) is 13.3. The highest BCUT2D eigenvalue weighted by Crippen LogP contribution is 2.33. The Morgan fingerprint density at radius 1 is 1.04 bits per heavy atom. The van der Waals surface area contributed by atoms with Gasteiger partial charge in [0.25, 0.3) is 0 Å². The average molecular weight is 451 g/mol. The molecular formula is C21H23BrO6. The number of carboxylic acids is 1. The monoisotopic (exact) mass is 450 g/mol. The molecule has 0 saturated heterocycles. The van der Waals surface area contributed by atoms with Crippen molar-refractivity contribution in [1.82, 2.24) is 0 Å². The van der Waals surface area contributed by atoms with Gasteiger partial charge in [-0.2, -0.15) is 0 Å². The van der Waals surface area contributed by atoms with E-state index in [1.165, 1.54) is 13.0 Å². The lowest BCUT2D eigenvalue weighted by atomic mass is 10.0. The Labute approximate surface area is 172 Å². The lowest BCUT2D eigenvalue weighted by molar-refractivity contribution is 0.0691. The van der Waals surface area contributed by atoms with Gasteiger partial charge in [-0.1, -0.05) is 29.3 Å². The number of halogens is 1. The topological polar surface area (TPSA) is 93.1 Å². The number of aromatic hydroxyl groups is 1. The quantitative estimate of drug-likeness (QED) is 0.396. The van der Waals surface area contributed by atoms with E-state index in [4.69, 9.17) is 9.47 Å². The third-order valence-corrected chi connectivity index (χ3v) is 4.59. The van der Waals surface area contributed by atoms with E-state index in [0.717, 1.165) is 6.42 Å². The maximum atomic E-state index is 11.6. The smallest absolute Gasteiger partial charge is 0.339 e. The summed E-state index contributed by atoms with van der Waals surface area (Å²) >= 11 is 3.24. The number of benzene rings is 2. The van der Waals surface area contributed by atoms with Crippen molar-refractivity contribution in [2.24, 2.45) is 0 Å². The van der Waals surface area contributed by atoms with Crippen LogP contribution in [0.5, 0.6) is 17.2 Å². The molecule has 0 amide bonds. The molecule has 6 nitrogen and oxygen atoms in total. The number of rotatable bonds is 10. The molecule has 2 aromatic rings. The van der Waals surface area contributed by atoms with Crippen LogP contribution in [0.4, 0.5) is 0 Å². The second kappa shape index (κ2) is 10.1. The molecule has 0 heterocycles. The van der Waals surface area contributed by atoms with Gasteiger partial charge in [0.15, 0.2) is 5.78 Å². The Bertz CT molecular complexity index is 862. The molecule has 0 aromatic heterocycles. The van der Waals surface area contributed by atoms with Crippen molar-refractivity contribution in [2.75, 3.05) is 13.2 Å². The molecule has 0 fully saturated rings. The predicted molar refractivity (Wildman–Crippen MR) is 109 cm³/mol. The third kappa shape index (κ3) is 5.48. The first kappa shape index (κ1) is 21.8. The largest absolute Gasteiger partial charge is 0.507 e. The number of Topliss-reactive ketones (excluding diaryl/α,β-unsaturated/α-hetero) is 1. The molecule has 0 aliphatic heterocycles. The molecule has 0 bridgehead atoms. The molecule has 28 heavy (non-hydrogen) atoms. The first-order valence-corrected chi connectivity index (χ1v) is 9.78. The van der Waals surface area contributed by atoms with Crippen LogP contribution >= 0.6 is 15.9 Å². The van der Waals surface area contributed by atoms with Crippen molar-refractivity contribution >= 4 is 27.7 Å². The molecular weight excluding hydrogens is 428 g/mol. The third-order valence-electron chi connectivity index (χ3n) is 4.09. The minimum absolute atomic E-state index is 0.0240. The molecule has 0 atom stereocenters. The van der Waals surface area contributed by atoms with Crippen molar-refractivity contribution in [1.29, 1.82) is 0 Å². The molecule has 0 radical (unpaired) electrons. The summed E-state index contributed by atoms with van der Waals surface area (Å²) in [4.78, 5) is 22.9. The summed E-state index contributed by atoms with van der Waals surface area (Å²) in [6.45, 7) is 4.00. The Balaban J connectivity index is 1.96. The number of carbonyl (C=O) groups excluding carboxylic acids is 1. The van der Waals surface area contributed by atoms with E-state index < -0.39 is 5.97 Å². The van der Waals surface area contributed by atoms with Crippen LogP contribution in [0.3, 0.4) is 0 Å². The number of carbonyl (C=O) groups is 2. The number of ether oxygens (including phenoxy) is 2. The molecule has 2 aromatic carbocycles. The van der Waals surface area contributed by atoms with E-state index in [2.05, 4.69) is 15.9 Å². The van der Waals surface area contributed by atoms with Gasteiger partial charge in [-0.25, -0.2) is 4.79 Å². The van der Waals surface area contributed by atoms with Gasteiger partial charge in [-0.3, -0.25) is 4.79 Å². The van der Waals surface area contributed by atoms with E-state index in [9.17, 15) is 19.8 Å². The fourth-order valence-electron chi connectivity index (χ4n) is 2.75. The van der Waals surface area contributed by atoms with Crippen molar-refractivity contribution in [2.45, 2.75) is 33.1 Å². The standard InChI is InChI=1S/C21H23BrO6/c1-3-5-16-18(9-7-15(13(2)23)20(16)24)27-10-4-11-28-19-8-6-14(22)12-17(19)21(25)26/h6-9,12,24H,3-5,10-11H2,1-2H3,(H,25,26). The first-order valence-electron chi connectivity index (χ1n) is 8.99. The molecule has 0 saturated carbocycles. The number of phenolic OH excluding ortho intramolecular Hbond substituents is 1. The summed E-state index contributed by atoms with van der Waals surface area (Å²) < 4.78 is 12.0. The van der Waals surface area contributed by atoms with Gasteiger partial charge in [-0.15, -0.1) is 0 Å². The van der Waals surface area contributed by atoms with Crippen LogP contribution in [0.15, 0.2) is 34.8 Å². The molecule has 0 aliphatic carbocycles. The van der Waals surface area contributed by atoms with Crippen molar-refractivity contribution in [3.05, 3.63) is 51.5 Å². The molecule has 150 valence electrons. The SMILES string of the molecule is CCCc1c(OCCCOc2ccc(Br)cc2C(=O)O)ccc(C(C)=O)c1O. The minimum Gasteiger partial charge on any atom is -0.507 e. The van der Waals surface area contributed by atoms with Crippen LogP contribution in [-0.2, 0) is 6.42 Å². The van der Waals surface area contributed by atoms with Gasteiger partial charge in [-0.05, 0) is 43.7 Å². The van der Waals surface area contributed by atoms with Crippen molar-refractivity contribution < 1.29 is 29.3 Å². The lowest BCUT2D eigenvalue weighted by Gasteiger charge is -2.15. The molecule has 7 heteroatoms. The van der Waals surface area contributed by atoms with Gasteiger partial charge >= 0.3 is 5.97 Å². The zero-order valence-corrected chi connectivity index (χ0v) is 17.4. The number of hydrogen-bond donors (Lipinski definition) is 2. The maximum Gasteiger partial charge on any atom is 0.339 e. The van der Waals surface area contributed by atoms with E-state index >= 15 is 0 Å². The van der Waals surface area contributed by atoms with Crippen LogP contribution in [0.25, 0.3) is 0 Å². The lowest BCUT2D eigenvalue weighted by Crippen LogP contribution is -2.09. The van der Waals surface area contributed by atoms with Gasteiger partial charge in [0.2, 0.25) is 0 Å². The number of ketones is 1. The summed E-state index contributed by atoms with van der Waals surface area (Å²) in [6, 6.07) is 8.06. The molecule has 0 aliphatic rings. The maximum absolute atomic E-state index is 11.6. The van der Waals surface area contributed by atoms with Crippen LogP contribution in [0, 0.1) is 0 Å². The fourth-order valence-corrected chi connectivity index (χ4v) is 3.11. The molecule has 2 rings (SSSR count). The second-order valence-electron chi connectivity index (χ2n) is 6.24. The van der Waals surface area contributed by atoms with Gasteiger partial charge in [0.05, 0.1) is 18.8 Å². The van der Waals surface area contributed by atoms with Crippen LogP contribution < -0.4 is 9.47 Å². The normalized spacial score (nSPS) is 10.5. The highest BCUT2D eigenvalue weighted by molar-refractivity contribution is 9.10. The Kier molecular flexibility index (Phi) is 7.87. The number of aromatic carboxylic acids is 1. The number of carboxylic acid groups (broad SMARTS) is 1. The highest BCUT2D eigenvalue weighted by atomic mass is 79.9.